The molecule has 0 saturated carbocycles. The quantitative estimate of drug-likeness (QED) is 0.680. The minimum atomic E-state index is 0.827. The van der Waals surface area contributed by atoms with Crippen LogP contribution in [0, 0.1) is 0 Å². The number of hydrogen-bond acceptors (Lipinski definition) is 3. The van der Waals surface area contributed by atoms with Gasteiger partial charge in [-0.15, -0.1) is 0 Å². The molecule has 0 aromatic carbocycles. The number of hydrogen-bond donors (Lipinski definition) is 1. The first-order chi connectivity index (χ1) is 5.83. The lowest BCUT2D eigenvalue weighted by Crippen LogP contribution is -1.93. The van der Waals surface area contributed by atoms with Crippen LogP contribution < -0.4 is 5.32 Å². The van der Waals surface area contributed by atoms with Crippen LogP contribution in [0.2, 0.25) is 0 Å². The molecule has 0 aliphatic heterocycles. The molecule has 4 nitrogen and oxygen atoms in total. The van der Waals surface area contributed by atoms with E-state index in [1.807, 2.05) is 24.7 Å². The normalized spacial score (nSPS) is 10.5. The Morgan fingerprint density at radius 3 is 3.00 bits per heavy atom. The van der Waals surface area contributed by atoms with Crippen LogP contribution in [0.1, 0.15) is 0 Å². The lowest BCUT2D eigenvalue weighted by Gasteiger charge is -1.98. The fourth-order valence-electron chi connectivity index (χ4n) is 1.25. The summed E-state index contributed by atoms with van der Waals surface area (Å²) in [7, 11) is 3.81. The van der Waals surface area contributed by atoms with Gasteiger partial charge in [0.2, 0.25) is 0 Å². The zero-order valence-electron chi connectivity index (χ0n) is 7.07. The molecule has 2 rings (SSSR count). The van der Waals surface area contributed by atoms with Gasteiger partial charge in [-0.1, -0.05) is 0 Å². The smallest absolute Gasteiger partial charge is 0.153 e. The molecule has 0 aliphatic rings. The second kappa shape index (κ2) is 2.48. The molecular formula is C8H10N4. The molecule has 0 aliphatic carbocycles. The molecule has 0 atom stereocenters. The van der Waals surface area contributed by atoms with Gasteiger partial charge in [-0.05, 0) is 6.07 Å². The maximum absolute atomic E-state index is 4.23. The van der Waals surface area contributed by atoms with Gasteiger partial charge in [0.05, 0.1) is 11.8 Å². The van der Waals surface area contributed by atoms with Gasteiger partial charge in [-0.3, -0.25) is 0 Å². The molecule has 1 N–H and O–H groups in total. The maximum atomic E-state index is 4.23. The molecule has 0 unspecified atom stereocenters. The number of aryl methyl sites for hydroxylation is 1. The summed E-state index contributed by atoms with van der Waals surface area (Å²) in [5.41, 5.74) is 2.01. The zero-order chi connectivity index (χ0) is 8.55. The van der Waals surface area contributed by atoms with E-state index in [1.165, 1.54) is 0 Å². The summed E-state index contributed by atoms with van der Waals surface area (Å²) in [6.45, 7) is 0. The van der Waals surface area contributed by atoms with E-state index in [-0.39, 0.29) is 0 Å². The number of imidazole rings is 1. The lowest BCUT2D eigenvalue weighted by molar-refractivity contribution is 0.947. The minimum Gasteiger partial charge on any atom is -0.371 e. The van der Waals surface area contributed by atoms with Crippen molar-refractivity contribution in [3.63, 3.8) is 0 Å². The average Bonchev–Trinajstić information content (AvgIpc) is 2.48. The van der Waals surface area contributed by atoms with Gasteiger partial charge in [0.15, 0.2) is 5.82 Å². The Morgan fingerprint density at radius 2 is 2.25 bits per heavy atom. The first-order valence-corrected chi connectivity index (χ1v) is 3.76. The molecule has 2 aromatic heterocycles. The van der Waals surface area contributed by atoms with Crippen molar-refractivity contribution in [1.29, 1.82) is 0 Å². The third-order valence-electron chi connectivity index (χ3n) is 1.88. The molecule has 0 fully saturated rings. The summed E-state index contributed by atoms with van der Waals surface area (Å²) >= 11 is 0. The van der Waals surface area contributed by atoms with Crippen LogP contribution in [0.3, 0.4) is 0 Å². The molecule has 0 bridgehead atoms. The van der Waals surface area contributed by atoms with E-state index < -0.39 is 0 Å². The monoisotopic (exact) mass is 162 g/mol. The van der Waals surface area contributed by atoms with E-state index in [2.05, 4.69) is 15.3 Å². The Morgan fingerprint density at radius 1 is 1.42 bits per heavy atom. The number of pyridine rings is 1. The summed E-state index contributed by atoms with van der Waals surface area (Å²) in [6.07, 6.45) is 3.56. The van der Waals surface area contributed by atoms with E-state index in [1.54, 1.807) is 12.5 Å². The maximum Gasteiger partial charge on any atom is 0.153 e. The molecule has 2 heterocycles. The number of anilines is 1. The van der Waals surface area contributed by atoms with Gasteiger partial charge >= 0.3 is 0 Å². The predicted molar refractivity (Wildman–Crippen MR) is 48.1 cm³/mol. The summed E-state index contributed by atoms with van der Waals surface area (Å²) in [6, 6.07) is 1.95. The summed E-state index contributed by atoms with van der Waals surface area (Å²) in [4.78, 5) is 8.38. The average molecular weight is 162 g/mol. The van der Waals surface area contributed by atoms with E-state index in [9.17, 15) is 0 Å². The third-order valence-corrected chi connectivity index (χ3v) is 1.88. The minimum absolute atomic E-state index is 0.827. The fourth-order valence-corrected chi connectivity index (χ4v) is 1.25. The van der Waals surface area contributed by atoms with Crippen molar-refractivity contribution in [3.05, 3.63) is 18.6 Å². The van der Waals surface area contributed by atoms with E-state index >= 15 is 0 Å². The van der Waals surface area contributed by atoms with Gasteiger partial charge in [0, 0.05) is 20.3 Å². The highest BCUT2D eigenvalue weighted by Gasteiger charge is 2.03. The van der Waals surface area contributed by atoms with Crippen molar-refractivity contribution in [2.45, 2.75) is 0 Å². The van der Waals surface area contributed by atoms with Gasteiger partial charge < -0.3 is 9.88 Å². The predicted octanol–water partition coefficient (Wildman–Crippen LogP) is 1.01. The topological polar surface area (TPSA) is 42.7 Å². The molecule has 0 amide bonds. The molecule has 4 heteroatoms. The van der Waals surface area contributed by atoms with Crippen LogP contribution in [0.15, 0.2) is 18.6 Å². The molecule has 0 spiro atoms. The Bertz CT molecular complexity index is 404. The first-order valence-electron chi connectivity index (χ1n) is 3.76. The van der Waals surface area contributed by atoms with Crippen molar-refractivity contribution >= 4 is 16.9 Å². The summed E-state index contributed by atoms with van der Waals surface area (Å²) < 4.78 is 1.97. The SMILES string of the molecule is CNc1nccc2c1ncn2C. The van der Waals surface area contributed by atoms with E-state index in [4.69, 9.17) is 0 Å². The number of fused-ring (bicyclic) bond motifs is 1. The molecule has 0 radical (unpaired) electrons. The Hall–Kier alpha value is -1.58. The Kier molecular flexibility index (Phi) is 1.46. The number of rotatable bonds is 1. The molecular weight excluding hydrogens is 152 g/mol. The highest BCUT2D eigenvalue weighted by atomic mass is 15.1. The summed E-state index contributed by atoms with van der Waals surface area (Å²) in [5, 5.41) is 3.00. The first kappa shape index (κ1) is 7.09. The van der Waals surface area contributed by atoms with Crippen molar-refractivity contribution in [1.82, 2.24) is 14.5 Å². The molecule has 2 aromatic rings. The van der Waals surface area contributed by atoms with Crippen LogP contribution in [0.4, 0.5) is 5.82 Å². The molecule has 62 valence electrons. The van der Waals surface area contributed by atoms with Crippen LogP contribution >= 0.6 is 0 Å². The highest BCUT2D eigenvalue weighted by Crippen LogP contribution is 2.17. The standard InChI is InChI=1S/C8H10N4/c1-9-8-7-6(3-4-10-8)12(2)5-11-7/h3-5H,1-2H3,(H,9,10). The third kappa shape index (κ3) is 0.845. The van der Waals surface area contributed by atoms with Gasteiger partial charge in [0.25, 0.3) is 0 Å². The lowest BCUT2D eigenvalue weighted by atomic mass is 10.4. The van der Waals surface area contributed by atoms with Crippen LogP contribution in [0.5, 0.6) is 0 Å². The number of nitrogens with zero attached hydrogens (tertiary/aromatic N) is 3. The van der Waals surface area contributed by atoms with Gasteiger partial charge in [-0.25, -0.2) is 9.97 Å². The van der Waals surface area contributed by atoms with Crippen molar-refractivity contribution in [2.75, 3.05) is 12.4 Å². The summed E-state index contributed by atoms with van der Waals surface area (Å²) in [5.74, 6) is 0.827. The number of nitrogens with one attached hydrogen (secondary N) is 1. The fraction of sp³-hybridized carbons (Fsp3) is 0.250. The van der Waals surface area contributed by atoms with Crippen LogP contribution in [-0.2, 0) is 7.05 Å². The Balaban J connectivity index is 2.81. The van der Waals surface area contributed by atoms with Crippen molar-refractivity contribution < 1.29 is 0 Å². The number of aromatic nitrogens is 3. The molecule has 12 heavy (non-hydrogen) atoms. The molecule has 0 saturated heterocycles. The van der Waals surface area contributed by atoms with Crippen LogP contribution in [0.25, 0.3) is 11.0 Å². The zero-order valence-corrected chi connectivity index (χ0v) is 7.07. The van der Waals surface area contributed by atoms with Crippen molar-refractivity contribution in [2.24, 2.45) is 7.05 Å². The van der Waals surface area contributed by atoms with E-state index in [0.29, 0.717) is 0 Å². The second-order valence-corrected chi connectivity index (χ2v) is 2.63. The largest absolute Gasteiger partial charge is 0.371 e. The highest BCUT2D eigenvalue weighted by molar-refractivity contribution is 5.85. The van der Waals surface area contributed by atoms with Gasteiger partial charge in [0.1, 0.15) is 5.52 Å². The van der Waals surface area contributed by atoms with Gasteiger partial charge in [-0.2, -0.15) is 0 Å². The van der Waals surface area contributed by atoms with Crippen molar-refractivity contribution in [3.8, 4) is 0 Å². The Labute approximate surface area is 70.3 Å². The second-order valence-electron chi connectivity index (χ2n) is 2.63. The van der Waals surface area contributed by atoms with E-state index in [0.717, 1.165) is 16.9 Å². The van der Waals surface area contributed by atoms with Crippen LogP contribution in [-0.4, -0.2) is 21.6 Å².